The topological polar surface area (TPSA) is 190 Å². The number of fused-ring (bicyclic) bond motifs is 4. The van der Waals surface area contributed by atoms with Crippen molar-refractivity contribution in [3.63, 3.8) is 0 Å². The van der Waals surface area contributed by atoms with Crippen LogP contribution in [-0.4, -0.2) is 89.0 Å². The van der Waals surface area contributed by atoms with Gasteiger partial charge in [-0.2, -0.15) is 0 Å². The number of carbonyl (C=O) groups excluding carboxylic acids is 6. The molecule has 15 nitrogen and oxygen atoms in total. The molecule has 0 unspecified atom stereocenters. The molecule has 68 heavy (non-hydrogen) atoms. The van der Waals surface area contributed by atoms with E-state index in [-0.39, 0.29) is 50.4 Å². The highest BCUT2D eigenvalue weighted by molar-refractivity contribution is 14.1. The number of nitrogens with zero attached hydrogens (tertiary/aromatic N) is 2. The van der Waals surface area contributed by atoms with Gasteiger partial charge in [0.2, 0.25) is 17.7 Å². The SMILES string of the molecule is C=CCOC(=O)[C@H]1[C@@H]2C(=O)O[C@@H](c3ccccc3)[C@@H](c3ccccc3)N2[C@@H](c2ccc(OCCOC(=O)[C@H]3C[C@H]4C(=O)NCC(=O)N4[C@H]3c3ccc(O)cc3)cc2)[C@]12C(=O)Nc1ccc(I)cc12. The number of benzene rings is 5. The molecule has 4 saturated heterocycles. The summed E-state index contributed by atoms with van der Waals surface area (Å²) >= 11 is 2.18. The Bertz CT molecular complexity index is 2810. The van der Waals surface area contributed by atoms with Crippen molar-refractivity contribution in [2.45, 2.75) is 48.1 Å². The van der Waals surface area contributed by atoms with Gasteiger partial charge < -0.3 is 39.6 Å². The number of aromatic hydroxyl groups is 1. The molecular weight excluding hydrogens is 983 g/mol. The Morgan fingerprint density at radius 1 is 0.794 bits per heavy atom. The summed E-state index contributed by atoms with van der Waals surface area (Å²) in [5, 5.41) is 15.6. The number of nitrogens with one attached hydrogen (secondary N) is 2. The number of amides is 3. The van der Waals surface area contributed by atoms with Gasteiger partial charge in [-0.1, -0.05) is 97.6 Å². The lowest BCUT2D eigenvalue weighted by atomic mass is 9.65. The quantitative estimate of drug-likeness (QED) is 0.0435. The van der Waals surface area contributed by atoms with E-state index in [1.165, 1.54) is 23.1 Å². The Morgan fingerprint density at radius 2 is 1.47 bits per heavy atom. The minimum Gasteiger partial charge on any atom is -0.508 e. The molecule has 346 valence electrons. The maximum atomic E-state index is 15.2. The van der Waals surface area contributed by atoms with Crippen molar-refractivity contribution in [3.8, 4) is 11.5 Å². The molecule has 0 radical (unpaired) electrons. The highest BCUT2D eigenvalue weighted by Gasteiger charge is 2.74. The zero-order chi connectivity index (χ0) is 47.3. The molecule has 0 saturated carbocycles. The molecule has 4 fully saturated rings. The number of anilines is 1. The van der Waals surface area contributed by atoms with Gasteiger partial charge in [0.25, 0.3) is 0 Å². The van der Waals surface area contributed by atoms with Gasteiger partial charge >= 0.3 is 17.9 Å². The van der Waals surface area contributed by atoms with Gasteiger partial charge in [-0.3, -0.25) is 33.7 Å². The first-order valence-corrected chi connectivity index (χ1v) is 23.3. The predicted octanol–water partition coefficient (Wildman–Crippen LogP) is 6.01. The average molecular weight is 1030 g/mol. The maximum Gasteiger partial charge on any atom is 0.325 e. The fourth-order valence-electron chi connectivity index (χ4n) is 11.0. The second-order valence-electron chi connectivity index (χ2n) is 17.3. The van der Waals surface area contributed by atoms with E-state index in [1.54, 1.807) is 42.5 Å². The van der Waals surface area contributed by atoms with E-state index in [2.05, 4.69) is 39.8 Å². The first kappa shape index (κ1) is 44.8. The van der Waals surface area contributed by atoms with Crippen molar-refractivity contribution in [1.29, 1.82) is 0 Å². The number of rotatable bonds is 12. The number of halogens is 1. The summed E-state index contributed by atoms with van der Waals surface area (Å²) in [4.78, 5) is 87.8. The van der Waals surface area contributed by atoms with Crippen molar-refractivity contribution >= 4 is 63.9 Å². The molecule has 9 atom stereocenters. The van der Waals surface area contributed by atoms with Crippen LogP contribution >= 0.6 is 22.6 Å². The van der Waals surface area contributed by atoms with Crippen LogP contribution in [0.1, 0.15) is 58.5 Å². The van der Waals surface area contributed by atoms with E-state index in [1.807, 2.05) is 77.7 Å². The predicted molar refractivity (Wildman–Crippen MR) is 252 cm³/mol. The van der Waals surface area contributed by atoms with Crippen LogP contribution in [0.15, 0.2) is 140 Å². The fourth-order valence-corrected chi connectivity index (χ4v) is 11.5. The fraction of sp³-hybridized carbons (Fsp3) is 0.269. The van der Waals surface area contributed by atoms with Crippen LogP contribution in [-0.2, 0) is 48.4 Å². The highest BCUT2D eigenvalue weighted by atomic mass is 127. The minimum absolute atomic E-state index is 0.0174. The lowest BCUT2D eigenvalue weighted by molar-refractivity contribution is -0.180. The smallest absolute Gasteiger partial charge is 0.325 e. The number of ether oxygens (including phenoxy) is 4. The minimum atomic E-state index is -1.70. The number of carbonyl (C=O) groups is 6. The number of piperazine rings is 1. The zero-order valence-corrected chi connectivity index (χ0v) is 38.5. The molecule has 0 aromatic heterocycles. The van der Waals surface area contributed by atoms with E-state index in [4.69, 9.17) is 18.9 Å². The molecular formula is C52H45IN4O11. The molecule has 5 aliphatic heterocycles. The molecule has 10 rings (SSSR count). The Labute approximate surface area is 404 Å². The molecule has 0 aliphatic carbocycles. The van der Waals surface area contributed by atoms with Crippen LogP contribution in [0, 0.1) is 15.4 Å². The molecule has 3 N–H and O–H groups in total. The lowest BCUT2D eigenvalue weighted by Gasteiger charge is -2.46. The molecule has 5 aromatic carbocycles. The number of esters is 3. The summed E-state index contributed by atoms with van der Waals surface area (Å²) in [5.41, 5.74) is 2.07. The van der Waals surface area contributed by atoms with Gasteiger partial charge in [-0.15, -0.1) is 0 Å². The van der Waals surface area contributed by atoms with Crippen LogP contribution in [0.5, 0.6) is 11.5 Å². The number of cyclic esters (lactones) is 1. The van der Waals surface area contributed by atoms with Crippen LogP contribution in [0.4, 0.5) is 5.69 Å². The average Bonchev–Trinajstić information content (AvgIpc) is 4.01. The monoisotopic (exact) mass is 1030 g/mol. The van der Waals surface area contributed by atoms with Crippen LogP contribution < -0.4 is 15.4 Å². The Kier molecular flexibility index (Phi) is 12.0. The second kappa shape index (κ2) is 18.2. The summed E-state index contributed by atoms with van der Waals surface area (Å²) in [6.07, 6.45) is 0.662. The van der Waals surface area contributed by atoms with Gasteiger partial charge in [-0.25, -0.2) is 0 Å². The number of hydrogen-bond acceptors (Lipinski definition) is 12. The summed E-state index contributed by atoms with van der Waals surface area (Å²) in [6, 6.07) is 33.2. The zero-order valence-electron chi connectivity index (χ0n) is 36.4. The van der Waals surface area contributed by atoms with E-state index >= 15 is 4.79 Å². The van der Waals surface area contributed by atoms with E-state index in [0.29, 0.717) is 28.1 Å². The Morgan fingerprint density at radius 3 is 2.18 bits per heavy atom. The third-order valence-corrected chi connectivity index (χ3v) is 14.4. The van der Waals surface area contributed by atoms with Crippen LogP contribution in [0.2, 0.25) is 0 Å². The first-order valence-electron chi connectivity index (χ1n) is 22.2. The number of phenols is 1. The van der Waals surface area contributed by atoms with E-state index in [9.17, 15) is 29.1 Å². The first-order chi connectivity index (χ1) is 33.0. The molecule has 1 spiro atoms. The van der Waals surface area contributed by atoms with E-state index < -0.39 is 77.4 Å². The molecule has 3 amide bonds. The van der Waals surface area contributed by atoms with Gasteiger partial charge in [-0.05, 0) is 99.3 Å². The highest BCUT2D eigenvalue weighted by Crippen LogP contribution is 2.65. The van der Waals surface area contributed by atoms with Crippen molar-refractivity contribution in [3.05, 3.63) is 171 Å². The van der Waals surface area contributed by atoms with Crippen molar-refractivity contribution < 1.29 is 52.8 Å². The van der Waals surface area contributed by atoms with Crippen LogP contribution in [0.3, 0.4) is 0 Å². The number of morpholine rings is 1. The Hall–Kier alpha value is -7.05. The van der Waals surface area contributed by atoms with Gasteiger partial charge in [0.05, 0.1) is 30.6 Å². The molecule has 5 aromatic rings. The van der Waals surface area contributed by atoms with Crippen molar-refractivity contribution in [2.75, 3.05) is 31.7 Å². The van der Waals surface area contributed by atoms with Gasteiger partial charge in [0.15, 0.2) is 0 Å². The summed E-state index contributed by atoms with van der Waals surface area (Å²) in [7, 11) is 0. The van der Waals surface area contributed by atoms with E-state index in [0.717, 1.165) is 14.7 Å². The second-order valence-corrected chi connectivity index (χ2v) is 18.6. The number of phenolic OH excluding ortho intramolecular Hbond substituents is 1. The summed E-state index contributed by atoms with van der Waals surface area (Å²) in [6.45, 7) is 3.19. The summed E-state index contributed by atoms with van der Waals surface area (Å²) < 4.78 is 24.9. The molecule has 0 bridgehead atoms. The van der Waals surface area contributed by atoms with Gasteiger partial charge in [0.1, 0.15) is 60.8 Å². The molecule has 16 heteroatoms. The van der Waals surface area contributed by atoms with Gasteiger partial charge in [0, 0.05) is 9.26 Å². The molecule has 5 heterocycles. The largest absolute Gasteiger partial charge is 0.508 e. The van der Waals surface area contributed by atoms with Crippen molar-refractivity contribution in [2.24, 2.45) is 11.8 Å². The third-order valence-electron chi connectivity index (χ3n) is 13.7. The molecule has 5 aliphatic rings. The van der Waals surface area contributed by atoms with Crippen molar-refractivity contribution in [1.82, 2.24) is 15.1 Å². The number of hydrogen-bond donors (Lipinski definition) is 3. The standard InChI is InChI=1S/C52H45IN4O11/c1-2-23-66-49(62)41-44-50(63)68-45(31-11-7-4-8-12-31)43(29-9-5-3-6-10-29)57(44)46(52(41)37-26-33(53)17-22-38(37)55-51(52)64)32-15-20-35(21-16-32)65-24-25-67-48(61)36-27-39-47(60)54-28-40(59)56(39)42(36)30-13-18-34(58)19-14-30/h2-22,26,36,39,41-46,58H,1,23-25,27-28H2,(H,54,60)(H,55,64)/t36-,39-,41+,42-,43+,44+,45-,46-,52+/m0/s1. The normalized spacial score (nSPS) is 27.0. The lowest BCUT2D eigenvalue weighted by Crippen LogP contribution is -2.56. The Balaban J connectivity index is 0.983. The third kappa shape index (κ3) is 7.55. The summed E-state index contributed by atoms with van der Waals surface area (Å²) in [5.74, 6) is -4.97. The van der Waals surface area contributed by atoms with Crippen LogP contribution in [0.25, 0.3) is 0 Å². The maximum absolute atomic E-state index is 15.2.